The fraction of sp³-hybridized carbons (Fsp3) is 0.208. The number of phenols is 1. The van der Waals surface area contributed by atoms with E-state index < -0.39 is 0 Å². The van der Waals surface area contributed by atoms with Gasteiger partial charge in [0.2, 0.25) is 0 Å². The molecule has 0 aliphatic carbocycles. The van der Waals surface area contributed by atoms with Crippen LogP contribution in [-0.4, -0.2) is 41.2 Å². The summed E-state index contributed by atoms with van der Waals surface area (Å²) in [5, 5.41) is 18.9. The average Bonchev–Trinajstić information content (AvgIpc) is 3.24. The molecule has 0 spiro atoms. The van der Waals surface area contributed by atoms with E-state index in [-0.39, 0.29) is 11.7 Å². The Hall–Kier alpha value is -3.49. The van der Waals surface area contributed by atoms with Crippen LogP contribution in [-0.2, 0) is 11.3 Å². The van der Waals surface area contributed by atoms with Crippen molar-refractivity contribution in [1.82, 2.24) is 15.3 Å². The first kappa shape index (κ1) is 21.7. The average molecular weight is 449 g/mol. The first-order chi connectivity index (χ1) is 15.7. The minimum Gasteiger partial charge on any atom is -0.508 e. The number of fused-ring (bicyclic) bond motifs is 1. The predicted octanol–water partition coefficient (Wildman–Crippen LogP) is 4.44. The number of ether oxygens (including phenoxy) is 1. The molecule has 164 valence electrons. The Morgan fingerprint density at radius 3 is 2.72 bits per heavy atom. The molecule has 0 aliphatic rings. The van der Waals surface area contributed by atoms with Crippen molar-refractivity contribution in [3.05, 3.63) is 71.4 Å². The Labute approximate surface area is 190 Å². The topological polar surface area (TPSA) is 96.4 Å². The summed E-state index contributed by atoms with van der Waals surface area (Å²) < 4.78 is 5.23. The van der Waals surface area contributed by atoms with Crippen molar-refractivity contribution >= 4 is 33.3 Å². The van der Waals surface area contributed by atoms with Gasteiger partial charge >= 0.3 is 0 Å². The second-order valence-corrected chi connectivity index (χ2v) is 8.06. The van der Waals surface area contributed by atoms with E-state index in [1.165, 1.54) is 12.1 Å². The van der Waals surface area contributed by atoms with Crippen LogP contribution in [0, 0.1) is 0 Å². The molecule has 0 saturated carbocycles. The summed E-state index contributed by atoms with van der Waals surface area (Å²) in [5.41, 5.74) is 2.64. The van der Waals surface area contributed by atoms with Crippen molar-refractivity contribution in [3.63, 3.8) is 0 Å². The number of amides is 1. The SMILES string of the molecule is COCc1nc(NCCCNC(=O)c2cccc(O)c2)c2c(-c3ccccc3)csc2n1. The van der Waals surface area contributed by atoms with Crippen molar-refractivity contribution in [2.45, 2.75) is 13.0 Å². The summed E-state index contributed by atoms with van der Waals surface area (Å²) in [5.74, 6) is 1.25. The number of hydrogen-bond donors (Lipinski definition) is 3. The number of aromatic nitrogens is 2. The summed E-state index contributed by atoms with van der Waals surface area (Å²) in [4.78, 5) is 22.4. The molecule has 3 N–H and O–H groups in total. The molecule has 0 saturated heterocycles. The van der Waals surface area contributed by atoms with E-state index in [4.69, 9.17) is 4.74 Å². The number of carbonyl (C=O) groups excluding carboxylic acids is 1. The van der Waals surface area contributed by atoms with Gasteiger partial charge in [0.15, 0.2) is 5.82 Å². The Morgan fingerprint density at radius 2 is 1.94 bits per heavy atom. The Balaban J connectivity index is 1.45. The lowest BCUT2D eigenvalue weighted by Gasteiger charge is -2.11. The quantitative estimate of drug-likeness (QED) is 0.328. The monoisotopic (exact) mass is 448 g/mol. The minimum absolute atomic E-state index is 0.0731. The Bertz CT molecular complexity index is 1210. The summed E-state index contributed by atoms with van der Waals surface area (Å²) in [6.07, 6.45) is 0.709. The first-order valence-electron chi connectivity index (χ1n) is 10.3. The predicted molar refractivity (Wildman–Crippen MR) is 127 cm³/mol. The highest BCUT2D eigenvalue weighted by molar-refractivity contribution is 7.17. The highest BCUT2D eigenvalue weighted by atomic mass is 32.1. The number of aromatic hydroxyl groups is 1. The van der Waals surface area contributed by atoms with E-state index in [1.54, 1.807) is 30.6 Å². The molecule has 4 aromatic rings. The summed E-state index contributed by atoms with van der Waals surface area (Å²) in [7, 11) is 1.62. The first-order valence-corrected chi connectivity index (χ1v) is 11.2. The maximum atomic E-state index is 12.2. The molecule has 0 aliphatic heterocycles. The minimum atomic E-state index is -0.211. The Kier molecular flexibility index (Phi) is 6.94. The maximum Gasteiger partial charge on any atom is 0.251 e. The van der Waals surface area contributed by atoms with Crippen molar-refractivity contribution in [1.29, 1.82) is 0 Å². The van der Waals surface area contributed by atoms with Crippen molar-refractivity contribution in [3.8, 4) is 16.9 Å². The van der Waals surface area contributed by atoms with Crippen LogP contribution >= 0.6 is 11.3 Å². The second-order valence-electron chi connectivity index (χ2n) is 7.20. The van der Waals surface area contributed by atoms with Gasteiger partial charge < -0.3 is 20.5 Å². The lowest BCUT2D eigenvalue weighted by atomic mass is 10.1. The van der Waals surface area contributed by atoms with Gasteiger partial charge in [0.25, 0.3) is 5.91 Å². The lowest BCUT2D eigenvalue weighted by Crippen LogP contribution is -2.25. The van der Waals surface area contributed by atoms with Gasteiger partial charge in [-0.2, -0.15) is 0 Å². The van der Waals surface area contributed by atoms with Gasteiger partial charge in [-0.3, -0.25) is 4.79 Å². The van der Waals surface area contributed by atoms with Crippen LogP contribution in [0.25, 0.3) is 21.3 Å². The standard InChI is InChI=1S/C24H24N4O3S/c1-31-14-20-27-22(21-19(15-32-24(21)28-20)16-7-3-2-4-8-16)25-11-6-12-26-23(30)17-9-5-10-18(29)13-17/h2-5,7-10,13,15,29H,6,11-12,14H2,1H3,(H,26,30)(H,25,27,28). The fourth-order valence-corrected chi connectivity index (χ4v) is 4.35. The zero-order valence-corrected chi connectivity index (χ0v) is 18.5. The zero-order valence-electron chi connectivity index (χ0n) is 17.7. The number of rotatable bonds is 9. The molecular formula is C24H24N4O3S. The number of benzene rings is 2. The third kappa shape index (κ3) is 5.04. The summed E-state index contributed by atoms with van der Waals surface area (Å²) in [6.45, 7) is 1.46. The smallest absolute Gasteiger partial charge is 0.251 e. The van der Waals surface area contributed by atoms with Crippen LogP contribution < -0.4 is 10.6 Å². The number of methoxy groups -OCH3 is 1. The molecule has 0 unspecified atom stereocenters. The summed E-state index contributed by atoms with van der Waals surface area (Å²) in [6, 6.07) is 16.5. The van der Waals surface area contributed by atoms with E-state index in [1.807, 2.05) is 18.2 Å². The van der Waals surface area contributed by atoms with Gasteiger partial charge in [-0.05, 0) is 30.2 Å². The van der Waals surface area contributed by atoms with E-state index in [0.717, 1.165) is 27.2 Å². The van der Waals surface area contributed by atoms with Crippen LogP contribution in [0.4, 0.5) is 5.82 Å². The highest BCUT2D eigenvalue weighted by Crippen LogP contribution is 2.36. The van der Waals surface area contributed by atoms with Crippen molar-refractivity contribution in [2.24, 2.45) is 0 Å². The number of anilines is 1. The number of hydrogen-bond acceptors (Lipinski definition) is 7. The van der Waals surface area contributed by atoms with E-state index in [0.29, 0.717) is 37.5 Å². The van der Waals surface area contributed by atoms with Gasteiger partial charge in [0, 0.05) is 36.7 Å². The summed E-state index contributed by atoms with van der Waals surface area (Å²) >= 11 is 1.59. The molecule has 2 aromatic carbocycles. The lowest BCUT2D eigenvalue weighted by molar-refractivity contribution is 0.0953. The number of nitrogens with one attached hydrogen (secondary N) is 2. The van der Waals surface area contributed by atoms with Gasteiger partial charge in [0.1, 0.15) is 23.0 Å². The number of phenolic OH excluding ortho intramolecular Hbond substituents is 1. The molecule has 7 nitrogen and oxygen atoms in total. The van der Waals surface area contributed by atoms with Crippen LogP contribution in [0.5, 0.6) is 5.75 Å². The molecule has 0 fully saturated rings. The molecular weight excluding hydrogens is 424 g/mol. The molecule has 0 atom stereocenters. The van der Waals surface area contributed by atoms with Crippen molar-refractivity contribution in [2.75, 3.05) is 25.5 Å². The molecule has 1 amide bonds. The van der Waals surface area contributed by atoms with Crippen molar-refractivity contribution < 1.29 is 14.6 Å². The molecule has 4 rings (SSSR count). The van der Waals surface area contributed by atoms with Crippen LogP contribution in [0.2, 0.25) is 0 Å². The van der Waals surface area contributed by atoms with E-state index >= 15 is 0 Å². The molecule has 0 bridgehead atoms. The highest BCUT2D eigenvalue weighted by Gasteiger charge is 2.15. The molecule has 2 heterocycles. The Morgan fingerprint density at radius 1 is 1.09 bits per heavy atom. The largest absolute Gasteiger partial charge is 0.508 e. The van der Waals surface area contributed by atoms with Crippen LogP contribution in [0.15, 0.2) is 60.0 Å². The molecule has 8 heteroatoms. The number of thiophene rings is 1. The second kappa shape index (κ2) is 10.2. The third-order valence-electron chi connectivity index (χ3n) is 4.88. The van der Waals surface area contributed by atoms with Gasteiger partial charge in [-0.25, -0.2) is 9.97 Å². The zero-order chi connectivity index (χ0) is 22.3. The molecule has 2 aromatic heterocycles. The normalized spacial score (nSPS) is 10.9. The van der Waals surface area contributed by atoms with E-state index in [9.17, 15) is 9.90 Å². The number of nitrogens with zero attached hydrogens (tertiary/aromatic N) is 2. The molecule has 0 radical (unpaired) electrons. The maximum absolute atomic E-state index is 12.2. The van der Waals surface area contributed by atoms with E-state index in [2.05, 4.69) is 38.1 Å². The third-order valence-corrected chi connectivity index (χ3v) is 5.75. The van der Waals surface area contributed by atoms with Gasteiger partial charge in [0.05, 0.1) is 5.39 Å². The van der Waals surface area contributed by atoms with Crippen LogP contribution in [0.3, 0.4) is 0 Å². The number of carbonyl (C=O) groups is 1. The van der Waals surface area contributed by atoms with Gasteiger partial charge in [-0.15, -0.1) is 11.3 Å². The fourth-order valence-electron chi connectivity index (χ4n) is 3.38. The molecule has 32 heavy (non-hydrogen) atoms. The van der Waals surface area contributed by atoms with Gasteiger partial charge in [-0.1, -0.05) is 36.4 Å². The van der Waals surface area contributed by atoms with Crippen LogP contribution in [0.1, 0.15) is 22.6 Å².